The van der Waals surface area contributed by atoms with Gasteiger partial charge in [0, 0.05) is 6.42 Å². The van der Waals surface area contributed by atoms with Crippen LogP contribution in [0.5, 0.6) is 0 Å². The standard InChI is InChI=1S/C22H33N5O7/c1-3-12(2)18(24)21(32)27-16(11-28)20(31)25-14(9-13-7-5-4-6-8-13)19(30)26-15(22(33)34)10-17(23)29/h4-8,12,14-16,18,28H,3,9-11,24H2,1-2H3,(H2,23,29)(H,25,31)(H,26,30)(H,27,32)(H,33,34). The molecular formula is C22H33N5O7. The van der Waals surface area contributed by atoms with Gasteiger partial charge in [-0.05, 0) is 11.5 Å². The predicted molar refractivity (Wildman–Crippen MR) is 122 cm³/mol. The van der Waals surface area contributed by atoms with E-state index >= 15 is 0 Å². The zero-order valence-electron chi connectivity index (χ0n) is 19.2. The summed E-state index contributed by atoms with van der Waals surface area (Å²) in [6, 6.07) is 3.40. The Hall–Kier alpha value is -3.51. The third-order valence-electron chi connectivity index (χ3n) is 5.31. The van der Waals surface area contributed by atoms with E-state index in [0.717, 1.165) is 0 Å². The topological polar surface area (TPSA) is 214 Å². The van der Waals surface area contributed by atoms with Crippen LogP contribution in [-0.2, 0) is 30.4 Å². The van der Waals surface area contributed by atoms with Gasteiger partial charge in [-0.1, -0.05) is 50.6 Å². The molecule has 0 aliphatic carbocycles. The second-order valence-electron chi connectivity index (χ2n) is 7.98. The number of benzene rings is 1. The van der Waals surface area contributed by atoms with Crippen LogP contribution in [0.4, 0.5) is 0 Å². The number of rotatable bonds is 14. The van der Waals surface area contributed by atoms with Crippen molar-refractivity contribution in [2.75, 3.05) is 6.61 Å². The van der Waals surface area contributed by atoms with Crippen LogP contribution in [0.2, 0.25) is 0 Å². The zero-order valence-corrected chi connectivity index (χ0v) is 19.2. The number of nitrogens with two attached hydrogens (primary N) is 2. The predicted octanol–water partition coefficient (Wildman–Crippen LogP) is -1.99. The number of aliphatic hydroxyl groups excluding tert-OH is 1. The number of carboxylic acids is 1. The Bertz CT molecular complexity index is 864. The van der Waals surface area contributed by atoms with Crippen molar-refractivity contribution in [2.45, 2.75) is 57.3 Å². The summed E-state index contributed by atoms with van der Waals surface area (Å²) in [5.41, 5.74) is 11.6. The van der Waals surface area contributed by atoms with Gasteiger partial charge < -0.3 is 37.6 Å². The van der Waals surface area contributed by atoms with Gasteiger partial charge in [0.15, 0.2) is 0 Å². The first-order valence-corrected chi connectivity index (χ1v) is 10.8. The molecule has 1 aromatic rings. The van der Waals surface area contributed by atoms with Crippen LogP contribution in [-0.4, -0.2) is 70.6 Å². The summed E-state index contributed by atoms with van der Waals surface area (Å²) >= 11 is 0. The molecule has 188 valence electrons. The molecule has 0 spiro atoms. The number of amides is 4. The first kappa shape index (κ1) is 28.5. The van der Waals surface area contributed by atoms with Gasteiger partial charge >= 0.3 is 5.97 Å². The highest BCUT2D eigenvalue weighted by Gasteiger charge is 2.31. The van der Waals surface area contributed by atoms with Gasteiger partial charge in [0.05, 0.1) is 19.1 Å². The van der Waals surface area contributed by atoms with Crippen LogP contribution in [0.15, 0.2) is 30.3 Å². The lowest BCUT2D eigenvalue weighted by molar-refractivity contribution is -0.143. The SMILES string of the molecule is CCC(C)C(N)C(=O)NC(CO)C(=O)NC(Cc1ccccc1)C(=O)NC(CC(N)=O)C(=O)O. The van der Waals surface area contributed by atoms with Crippen molar-refractivity contribution in [3.63, 3.8) is 0 Å². The fraction of sp³-hybridized carbons (Fsp3) is 0.500. The number of carboxylic acid groups (broad SMARTS) is 1. The van der Waals surface area contributed by atoms with E-state index in [1.54, 1.807) is 37.3 Å². The van der Waals surface area contributed by atoms with Gasteiger partial charge in [0.25, 0.3) is 0 Å². The number of nitrogens with one attached hydrogen (secondary N) is 3. The number of hydrogen-bond acceptors (Lipinski definition) is 7. The Kier molecular flexibility index (Phi) is 11.7. The Morgan fingerprint density at radius 1 is 0.912 bits per heavy atom. The van der Waals surface area contributed by atoms with Crippen molar-refractivity contribution >= 4 is 29.6 Å². The molecule has 9 N–H and O–H groups in total. The van der Waals surface area contributed by atoms with Gasteiger partial charge in [-0.3, -0.25) is 19.2 Å². The van der Waals surface area contributed by atoms with Crippen LogP contribution in [0.25, 0.3) is 0 Å². The summed E-state index contributed by atoms with van der Waals surface area (Å²) in [6.07, 6.45) is -0.0460. The Morgan fingerprint density at radius 3 is 1.94 bits per heavy atom. The maximum absolute atomic E-state index is 12.8. The van der Waals surface area contributed by atoms with Crippen LogP contribution in [0.3, 0.4) is 0 Å². The van der Waals surface area contributed by atoms with E-state index in [1.165, 1.54) is 0 Å². The van der Waals surface area contributed by atoms with Crippen molar-refractivity contribution in [1.29, 1.82) is 0 Å². The average Bonchev–Trinajstić information content (AvgIpc) is 2.80. The molecule has 0 aliphatic rings. The van der Waals surface area contributed by atoms with Gasteiger partial charge in [-0.2, -0.15) is 0 Å². The van der Waals surface area contributed by atoms with Crippen LogP contribution < -0.4 is 27.4 Å². The molecule has 0 saturated heterocycles. The minimum Gasteiger partial charge on any atom is -0.480 e. The highest BCUT2D eigenvalue weighted by molar-refractivity contribution is 5.95. The lowest BCUT2D eigenvalue weighted by atomic mass is 9.99. The number of aliphatic carboxylic acids is 1. The lowest BCUT2D eigenvalue weighted by Gasteiger charge is -2.25. The Labute approximate surface area is 197 Å². The second kappa shape index (κ2) is 13.9. The van der Waals surface area contributed by atoms with Gasteiger partial charge in [0.1, 0.15) is 18.1 Å². The molecule has 1 aromatic carbocycles. The fourth-order valence-electron chi connectivity index (χ4n) is 2.98. The van der Waals surface area contributed by atoms with E-state index in [0.29, 0.717) is 12.0 Å². The second-order valence-corrected chi connectivity index (χ2v) is 7.98. The van der Waals surface area contributed by atoms with E-state index < -0.39 is 66.8 Å². The number of primary amides is 1. The number of carbonyl (C=O) groups excluding carboxylic acids is 4. The lowest BCUT2D eigenvalue weighted by Crippen LogP contribution is -2.59. The molecule has 4 amide bonds. The molecule has 0 aliphatic heterocycles. The van der Waals surface area contributed by atoms with Crippen molar-refractivity contribution in [2.24, 2.45) is 17.4 Å². The number of carbonyl (C=O) groups is 5. The quantitative estimate of drug-likeness (QED) is 0.158. The third kappa shape index (κ3) is 9.16. The van der Waals surface area contributed by atoms with Crippen molar-refractivity contribution in [3.05, 3.63) is 35.9 Å². The summed E-state index contributed by atoms with van der Waals surface area (Å²) in [5.74, 6) is -4.97. The first-order valence-electron chi connectivity index (χ1n) is 10.8. The number of hydrogen-bond donors (Lipinski definition) is 7. The summed E-state index contributed by atoms with van der Waals surface area (Å²) in [6.45, 7) is 2.86. The van der Waals surface area contributed by atoms with E-state index in [1.807, 2.05) is 6.92 Å². The summed E-state index contributed by atoms with van der Waals surface area (Å²) in [5, 5.41) is 25.9. The fourth-order valence-corrected chi connectivity index (χ4v) is 2.98. The summed E-state index contributed by atoms with van der Waals surface area (Å²) < 4.78 is 0. The van der Waals surface area contributed by atoms with Crippen molar-refractivity contribution in [3.8, 4) is 0 Å². The molecule has 1 rings (SSSR count). The highest BCUT2D eigenvalue weighted by atomic mass is 16.4. The highest BCUT2D eigenvalue weighted by Crippen LogP contribution is 2.07. The normalized spacial score (nSPS) is 15.2. The van der Waals surface area contributed by atoms with E-state index in [9.17, 15) is 34.2 Å². The molecule has 0 saturated carbocycles. The molecule has 5 unspecified atom stereocenters. The Morgan fingerprint density at radius 2 is 1.44 bits per heavy atom. The maximum Gasteiger partial charge on any atom is 0.326 e. The monoisotopic (exact) mass is 479 g/mol. The molecule has 0 fully saturated rings. The molecule has 0 bridgehead atoms. The molecule has 0 heterocycles. The molecule has 12 nitrogen and oxygen atoms in total. The van der Waals surface area contributed by atoms with Crippen molar-refractivity contribution < 1.29 is 34.2 Å². The van der Waals surface area contributed by atoms with Gasteiger partial charge in [0.2, 0.25) is 23.6 Å². The Balaban J connectivity index is 3.03. The summed E-state index contributed by atoms with van der Waals surface area (Å²) in [7, 11) is 0. The van der Waals surface area contributed by atoms with Crippen LogP contribution in [0, 0.1) is 5.92 Å². The smallest absolute Gasteiger partial charge is 0.326 e. The van der Waals surface area contributed by atoms with Crippen LogP contribution >= 0.6 is 0 Å². The minimum absolute atomic E-state index is 0.0280. The molecule has 5 atom stereocenters. The zero-order chi connectivity index (χ0) is 25.8. The van der Waals surface area contributed by atoms with Crippen LogP contribution in [0.1, 0.15) is 32.3 Å². The molecule has 0 radical (unpaired) electrons. The average molecular weight is 480 g/mol. The van der Waals surface area contributed by atoms with Gasteiger partial charge in [-0.15, -0.1) is 0 Å². The largest absolute Gasteiger partial charge is 0.480 e. The van der Waals surface area contributed by atoms with E-state index in [-0.39, 0.29) is 12.3 Å². The molecule has 12 heteroatoms. The first-order chi connectivity index (χ1) is 16.0. The summed E-state index contributed by atoms with van der Waals surface area (Å²) in [4.78, 5) is 60.5. The number of aliphatic hydroxyl groups is 1. The van der Waals surface area contributed by atoms with E-state index in [4.69, 9.17) is 11.5 Å². The molecule has 0 aromatic heterocycles. The molecule has 34 heavy (non-hydrogen) atoms. The maximum atomic E-state index is 12.8. The molecular weight excluding hydrogens is 446 g/mol. The van der Waals surface area contributed by atoms with Crippen molar-refractivity contribution in [1.82, 2.24) is 16.0 Å². The van der Waals surface area contributed by atoms with E-state index in [2.05, 4.69) is 16.0 Å². The third-order valence-corrected chi connectivity index (χ3v) is 5.31. The minimum atomic E-state index is -1.60. The van der Waals surface area contributed by atoms with Gasteiger partial charge in [-0.25, -0.2) is 4.79 Å².